The number of carbonyl (C=O) groups excluding carboxylic acids is 1. The lowest BCUT2D eigenvalue weighted by molar-refractivity contribution is -0.107. The normalized spacial score (nSPS) is 11.2. The first-order valence-electron chi connectivity index (χ1n) is 5.96. The summed E-state index contributed by atoms with van der Waals surface area (Å²) in [6.07, 6.45) is 1.93. The molecule has 0 atom stereocenters. The van der Waals surface area contributed by atoms with Gasteiger partial charge < -0.3 is 14.2 Å². The summed E-state index contributed by atoms with van der Waals surface area (Å²) in [6.45, 7) is 0. The number of halogens is 1. The monoisotopic (exact) mass is 274 g/mol. The molecule has 1 N–H and O–H groups in total. The summed E-state index contributed by atoms with van der Waals surface area (Å²) >= 11 is 5.94. The van der Waals surface area contributed by atoms with E-state index in [1.807, 2.05) is 16.5 Å². The van der Waals surface area contributed by atoms with Gasteiger partial charge in [0.25, 0.3) is 5.56 Å². The maximum atomic E-state index is 12.0. The number of hydrogen-bond donors (Lipinski definition) is 1. The molecule has 0 bridgehead atoms. The second-order valence-electron chi connectivity index (χ2n) is 4.37. The molecule has 2 aromatic heterocycles. The Morgan fingerprint density at radius 1 is 1.21 bits per heavy atom. The first kappa shape index (κ1) is 12.0. The Hall–Kier alpha value is -2.07. The number of aromatic nitrogens is 2. The smallest absolute Gasteiger partial charge is 0.272 e. The van der Waals surface area contributed by atoms with Crippen LogP contribution in [0.2, 0.25) is 5.02 Å². The summed E-state index contributed by atoms with van der Waals surface area (Å²) < 4.78 is 1.88. The second kappa shape index (κ2) is 4.55. The summed E-state index contributed by atoms with van der Waals surface area (Å²) in [5.41, 5.74) is 2.93. The van der Waals surface area contributed by atoms with Crippen LogP contribution in [-0.2, 0) is 11.2 Å². The van der Waals surface area contributed by atoms with Crippen LogP contribution in [0.3, 0.4) is 0 Å². The molecule has 2 heterocycles. The lowest BCUT2D eigenvalue weighted by Crippen LogP contribution is -2.11. The first-order chi connectivity index (χ1) is 9.20. The minimum atomic E-state index is -0.160. The van der Waals surface area contributed by atoms with E-state index in [2.05, 4.69) is 4.98 Å². The highest BCUT2D eigenvalue weighted by Crippen LogP contribution is 2.20. The molecule has 0 amide bonds. The van der Waals surface area contributed by atoms with Gasteiger partial charge in [-0.15, -0.1) is 0 Å². The standard InChI is InChI=1S/C14H11ClN2O2/c15-9-3-5-12-11(8-9)16-14(19)13-6-4-10(17(12)13)2-1-7-18/h3-8H,1-2H2,(H,16,19). The zero-order valence-electron chi connectivity index (χ0n) is 10.0. The number of nitrogens with one attached hydrogen (secondary N) is 1. The van der Waals surface area contributed by atoms with Crippen LogP contribution in [0.4, 0.5) is 0 Å². The quantitative estimate of drug-likeness (QED) is 0.746. The van der Waals surface area contributed by atoms with E-state index in [0.29, 0.717) is 28.9 Å². The number of aryl methyl sites for hydroxylation is 1. The third-order valence-corrected chi connectivity index (χ3v) is 3.40. The van der Waals surface area contributed by atoms with Crippen molar-refractivity contribution in [1.29, 1.82) is 0 Å². The van der Waals surface area contributed by atoms with Gasteiger partial charge in [-0.2, -0.15) is 0 Å². The van der Waals surface area contributed by atoms with Crippen LogP contribution in [0.5, 0.6) is 0 Å². The molecular formula is C14H11ClN2O2. The zero-order chi connectivity index (χ0) is 13.4. The summed E-state index contributed by atoms with van der Waals surface area (Å²) in [4.78, 5) is 25.3. The molecule has 3 aromatic rings. The maximum absolute atomic E-state index is 12.0. The van der Waals surface area contributed by atoms with Crippen molar-refractivity contribution >= 4 is 34.4 Å². The van der Waals surface area contributed by atoms with Crippen molar-refractivity contribution in [1.82, 2.24) is 9.38 Å². The van der Waals surface area contributed by atoms with Crippen LogP contribution in [0.1, 0.15) is 12.1 Å². The van der Waals surface area contributed by atoms with Crippen molar-refractivity contribution in [2.24, 2.45) is 0 Å². The number of aldehydes is 1. The molecule has 0 spiro atoms. The fraction of sp³-hybridized carbons (Fsp3) is 0.143. The Balaban J connectivity index is 2.39. The van der Waals surface area contributed by atoms with Crippen LogP contribution < -0.4 is 5.56 Å². The molecule has 5 heteroatoms. The van der Waals surface area contributed by atoms with Gasteiger partial charge in [-0.1, -0.05) is 11.6 Å². The molecule has 0 fully saturated rings. The van der Waals surface area contributed by atoms with Crippen molar-refractivity contribution in [2.45, 2.75) is 12.8 Å². The van der Waals surface area contributed by atoms with Gasteiger partial charge in [0.2, 0.25) is 0 Å². The highest BCUT2D eigenvalue weighted by molar-refractivity contribution is 6.31. The van der Waals surface area contributed by atoms with E-state index in [9.17, 15) is 9.59 Å². The Bertz CT molecular complexity index is 832. The number of carbonyl (C=O) groups is 1. The highest BCUT2D eigenvalue weighted by atomic mass is 35.5. The molecule has 0 saturated carbocycles. The number of fused-ring (bicyclic) bond motifs is 3. The summed E-state index contributed by atoms with van der Waals surface area (Å²) in [5, 5.41) is 0.573. The molecule has 0 radical (unpaired) electrons. The van der Waals surface area contributed by atoms with Gasteiger partial charge in [-0.05, 0) is 36.8 Å². The number of benzene rings is 1. The average Bonchev–Trinajstić information content (AvgIpc) is 2.81. The number of rotatable bonds is 3. The number of aromatic amines is 1. The van der Waals surface area contributed by atoms with Crippen molar-refractivity contribution in [3.8, 4) is 0 Å². The third kappa shape index (κ3) is 1.94. The highest BCUT2D eigenvalue weighted by Gasteiger charge is 2.09. The molecular weight excluding hydrogens is 264 g/mol. The van der Waals surface area contributed by atoms with E-state index in [4.69, 9.17) is 11.6 Å². The Morgan fingerprint density at radius 3 is 2.79 bits per heavy atom. The first-order valence-corrected chi connectivity index (χ1v) is 6.34. The molecule has 0 aliphatic carbocycles. The van der Waals surface area contributed by atoms with Crippen LogP contribution >= 0.6 is 11.6 Å². The van der Waals surface area contributed by atoms with E-state index < -0.39 is 0 Å². The molecule has 19 heavy (non-hydrogen) atoms. The average molecular weight is 275 g/mol. The van der Waals surface area contributed by atoms with Crippen molar-refractivity contribution in [2.75, 3.05) is 0 Å². The van der Waals surface area contributed by atoms with Crippen LogP contribution in [0, 0.1) is 0 Å². The Morgan fingerprint density at radius 2 is 2.00 bits per heavy atom. The molecule has 0 aliphatic rings. The van der Waals surface area contributed by atoms with Crippen molar-refractivity contribution in [3.05, 3.63) is 51.4 Å². The van der Waals surface area contributed by atoms with Gasteiger partial charge in [0, 0.05) is 17.1 Å². The number of H-pyrrole nitrogens is 1. The molecule has 0 aliphatic heterocycles. The van der Waals surface area contributed by atoms with Gasteiger partial charge in [0.15, 0.2) is 0 Å². The SMILES string of the molecule is O=CCCc1ccc2c(=O)[nH]c3cc(Cl)ccc3n12. The summed E-state index contributed by atoms with van der Waals surface area (Å²) in [5.74, 6) is 0. The fourth-order valence-electron chi connectivity index (χ4n) is 2.33. The third-order valence-electron chi connectivity index (χ3n) is 3.16. The van der Waals surface area contributed by atoms with E-state index >= 15 is 0 Å². The van der Waals surface area contributed by atoms with Gasteiger partial charge in [-0.25, -0.2) is 0 Å². The predicted molar refractivity (Wildman–Crippen MR) is 74.9 cm³/mol. The van der Waals surface area contributed by atoms with E-state index in [0.717, 1.165) is 17.5 Å². The minimum absolute atomic E-state index is 0.160. The maximum Gasteiger partial charge on any atom is 0.272 e. The Labute approximate surface area is 113 Å². The molecule has 3 rings (SSSR count). The topological polar surface area (TPSA) is 54.3 Å². The molecule has 1 aromatic carbocycles. The lowest BCUT2D eigenvalue weighted by Gasteiger charge is -2.06. The number of hydrogen-bond acceptors (Lipinski definition) is 2. The van der Waals surface area contributed by atoms with E-state index in [1.54, 1.807) is 18.2 Å². The van der Waals surface area contributed by atoms with Crippen LogP contribution in [0.25, 0.3) is 16.6 Å². The lowest BCUT2D eigenvalue weighted by atomic mass is 10.2. The predicted octanol–water partition coefficient (Wildman–Crippen LogP) is 2.57. The van der Waals surface area contributed by atoms with Crippen LogP contribution in [0.15, 0.2) is 35.1 Å². The molecule has 0 saturated heterocycles. The van der Waals surface area contributed by atoms with E-state index in [-0.39, 0.29) is 5.56 Å². The minimum Gasteiger partial charge on any atom is -0.319 e. The van der Waals surface area contributed by atoms with Gasteiger partial charge >= 0.3 is 0 Å². The van der Waals surface area contributed by atoms with Gasteiger partial charge in [-0.3, -0.25) is 4.79 Å². The Kier molecular flexibility index (Phi) is 2.87. The van der Waals surface area contributed by atoms with E-state index in [1.165, 1.54) is 0 Å². The summed E-state index contributed by atoms with van der Waals surface area (Å²) in [7, 11) is 0. The fourth-order valence-corrected chi connectivity index (χ4v) is 2.50. The van der Waals surface area contributed by atoms with Crippen molar-refractivity contribution in [3.63, 3.8) is 0 Å². The van der Waals surface area contributed by atoms with Gasteiger partial charge in [0.05, 0.1) is 11.0 Å². The summed E-state index contributed by atoms with van der Waals surface area (Å²) in [6, 6.07) is 9.02. The molecule has 4 nitrogen and oxygen atoms in total. The van der Waals surface area contributed by atoms with Crippen LogP contribution in [-0.4, -0.2) is 15.7 Å². The molecule has 96 valence electrons. The zero-order valence-corrected chi connectivity index (χ0v) is 10.8. The van der Waals surface area contributed by atoms with Crippen molar-refractivity contribution < 1.29 is 4.79 Å². The van der Waals surface area contributed by atoms with Gasteiger partial charge in [0.1, 0.15) is 11.8 Å². The second-order valence-corrected chi connectivity index (χ2v) is 4.80. The number of nitrogens with zero attached hydrogens (tertiary/aromatic N) is 1. The molecule has 0 unspecified atom stereocenters. The largest absolute Gasteiger partial charge is 0.319 e.